The number of benzene rings is 1. The third-order valence-electron chi connectivity index (χ3n) is 2.81. The van der Waals surface area contributed by atoms with E-state index in [1.54, 1.807) is 32.9 Å². The van der Waals surface area contributed by atoms with Crippen molar-refractivity contribution in [3.8, 4) is 0 Å². The van der Waals surface area contributed by atoms with E-state index in [-0.39, 0.29) is 0 Å². The molecule has 0 radical (unpaired) electrons. The van der Waals surface area contributed by atoms with E-state index in [4.69, 9.17) is 0 Å². The summed E-state index contributed by atoms with van der Waals surface area (Å²) in [6.45, 7) is 7.13. The molecule has 104 valence electrons. The minimum Gasteiger partial charge on any atom is -0.481 e. The predicted octanol–water partition coefficient (Wildman–Crippen LogP) is 3.44. The van der Waals surface area contributed by atoms with Crippen molar-refractivity contribution in [3.63, 3.8) is 0 Å². The zero-order valence-corrected chi connectivity index (χ0v) is 13.0. The molecule has 0 fully saturated rings. The van der Waals surface area contributed by atoms with Crippen molar-refractivity contribution in [1.29, 1.82) is 0 Å². The summed E-state index contributed by atoms with van der Waals surface area (Å²) in [4.78, 5) is 23.3. The van der Waals surface area contributed by atoms with Gasteiger partial charge in [0.15, 0.2) is 0 Å². The van der Waals surface area contributed by atoms with E-state index in [0.29, 0.717) is 5.69 Å². The van der Waals surface area contributed by atoms with E-state index in [1.165, 1.54) is 0 Å². The predicted molar refractivity (Wildman–Crippen MR) is 78.1 cm³/mol. The number of aliphatic carboxylic acids is 1. The number of amides is 1. The van der Waals surface area contributed by atoms with Crippen LogP contribution in [-0.4, -0.2) is 17.0 Å². The molecule has 0 heterocycles. The summed E-state index contributed by atoms with van der Waals surface area (Å²) >= 11 is 3.37. The van der Waals surface area contributed by atoms with Crippen LogP contribution in [0.2, 0.25) is 0 Å². The fourth-order valence-corrected chi connectivity index (χ4v) is 2.14. The Bertz CT molecular complexity index is 506. The summed E-state index contributed by atoms with van der Waals surface area (Å²) in [6, 6.07) is 5.36. The van der Waals surface area contributed by atoms with Crippen LogP contribution in [-0.2, 0) is 9.59 Å². The van der Waals surface area contributed by atoms with Gasteiger partial charge in [-0.1, -0.05) is 42.8 Å². The second-order valence-corrected chi connectivity index (χ2v) is 6.44. The molecule has 0 aromatic heterocycles. The summed E-state index contributed by atoms with van der Waals surface area (Å²) in [5, 5.41) is 11.8. The van der Waals surface area contributed by atoms with Gasteiger partial charge in [0, 0.05) is 10.2 Å². The fourth-order valence-electron chi connectivity index (χ4n) is 1.76. The summed E-state index contributed by atoms with van der Waals surface area (Å²) in [7, 11) is 0. The maximum Gasteiger partial charge on any atom is 0.316 e. The molecule has 1 unspecified atom stereocenters. The highest BCUT2D eigenvalue weighted by molar-refractivity contribution is 9.10. The Morgan fingerprint density at radius 3 is 2.32 bits per heavy atom. The van der Waals surface area contributed by atoms with Gasteiger partial charge >= 0.3 is 5.97 Å². The summed E-state index contributed by atoms with van der Waals surface area (Å²) in [6.07, 6.45) is 0. The number of aryl methyl sites for hydroxylation is 1. The van der Waals surface area contributed by atoms with Gasteiger partial charge in [0.25, 0.3) is 0 Å². The largest absolute Gasteiger partial charge is 0.481 e. The molecule has 1 amide bonds. The molecule has 0 saturated heterocycles. The van der Waals surface area contributed by atoms with Crippen molar-refractivity contribution in [2.75, 3.05) is 5.32 Å². The molecule has 0 aliphatic heterocycles. The normalized spacial score (nSPS) is 12.9. The second-order valence-electron chi connectivity index (χ2n) is 5.59. The van der Waals surface area contributed by atoms with Crippen molar-refractivity contribution < 1.29 is 14.7 Å². The smallest absolute Gasteiger partial charge is 0.316 e. The number of carboxylic acids is 1. The van der Waals surface area contributed by atoms with Crippen molar-refractivity contribution in [2.45, 2.75) is 27.7 Å². The molecule has 1 atom stereocenters. The molecule has 1 aromatic carbocycles. The lowest BCUT2D eigenvalue weighted by atomic mass is 9.80. The van der Waals surface area contributed by atoms with E-state index in [2.05, 4.69) is 21.2 Å². The minimum atomic E-state index is -1.11. The first-order valence-corrected chi connectivity index (χ1v) is 6.72. The van der Waals surface area contributed by atoms with Crippen LogP contribution in [0.1, 0.15) is 26.3 Å². The Morgan fingerprint density at radius 1 is 1.32 bits per heavy atom. The van der Waals surface area contributed by atoms with Crippen LogP contribution in [0.25, 0.3) is 0 Å². The monoisotopic (exact) mass is 327 g/mol. The lowest BCUT2D eigenvalue weighted by Crippen LogP contribution is -2.39. The van der Waals surface area contributed by atoms with Crippen molar-refractivity contribution in [1.82, 2.24) is 0 Å². The molecule has 1 rings (SSSR count). The second kappa shape index (κ2) is 5.74. The summed E-state index contributed by atoms with van der Waals surface area (Å²) in [5.41, 5.74) is 0.985. The molecule has 0 spiro atoms. The molecule has 4 nitrogen and oxygen atoms in total. The van der Waals surface area contributed by atoms with Gasteiger partial charge in [-0.2, -0.15) is 0 Å². The summed E-state index contributed by atoms with van der Waals surface area (Å²) in [5.74, 6) is -2.71. The van der Waals surface area contributed by atoms with Crippen molar-refractivity contribution in [3.05, 3.63) is 28.2 Å². The molecular formula is C14H18BrNO3. The number of hydrogen-bond acceptors (Lipinski definition) is 2. The quantitative estimate of drug-likeness (QED) is 0.835. The molecule has 0 aliphatic rings. The van der Waals surface area contributed by atoms with Crippen LogP contribution in [0.4, 0.5) is 5.69 Å². The average Bonchev–Trinajstić information content (AvgIpc) is 2.20. The Kier molecular flexibility index (Phi) is 4.74. The zero-order valence-electron chi connectivity index (χ0n) is 11.5. The Balaban J connectivity index is 2.94. The summed E-state index contributed by atoms with van der Waals surface area (Å²) < 4.78 is 0.868. The van der Waals surface area contributed by atoms with Crippen LogP contribution in [0.5, 0.6) is 0 Å². The number of rotatable bonds is 3. The number of carboxylic acid groups (broad SMARTS) is 1. The number of nitrogens with one attached hydrogen (secondary N) is 1. The molecular weight excluding hydrogens is 310 g/mol. The average molecular weight is 328 g/mol. The van der Waals surface area contributed by atoms with Gasteiger partial charge in [-0.3, -0.25) is 9.59 Å². The van der Waals surface area contributed by atoms with E-state index < -0.39 is 23.2 Å². The first kappa shape index (κ1) is 15.7. The maximum absolute atomic E-state index is 12.1. The zero-order chi connectivity index (χ0) is 14.8. The van der Waals surface area contributed by atoms with Crippen LogP contribution in [0.15, 0.2) is 22.7 Å². The number of halogens is 1. The van der Waals surface area contributed by atoms with Gasteiger partial charge in [0.2, 0.25) is 5.91 Å². The molecule has 2 N–H and O–H groups in total. The lowest BCUT2D eigenvalue weighted by molar-refractivity contribution is -0.149. The molecule has 19 heavy (non-hydrogen) atoms. The maximum atomic E-state index is 12.1. The van der Waals surface area contributed by atoms with Crippen LogP contribution >= 0.6 is 15.9 Å². The molecule has 0 bridgehead atoms. The molecule has 5 heteroatoms. The Hall–Kier alpha value is -1.36. The van der Waals surface area contributed by atoms with Crippen molar-refractivity contribution in [2.24, 2.45) is 11.3 Å². The highest BCUT2D eigenvalue weighted by atomic mass is 79.9. The topological polar surface area (TPSA) is 66.4 Å². The van der Waals surface area contributed by atoms with Gasteiger partial charge in [0.1, 0.15) is 5.92 Å². The number of carbonyl (C=O) groups excluding carboxylic acids is 1. The van der Waals surface area contributed by atoms with Gasteiger partial charge in [-0.15, -0.1) is 0 Å². The van der Waals surface area contributed by atoms with E-state index >= 15 is 0 Å². The van der Waals surface area contributed by atoms with Crippen LogP contribution in [0.3, 0.4) is 0 Å². The fraction of sp³-hybridized carbons (Fsp3) is 0.429. The third-order valence-corrected chi connectivity index (χ3v) is 3.67. The van der Waals surface area contributed by atoms with Gasteiger partial charge < -0.3 is 10.4 Å². The number of carbonyl (C=O) groups is 2. The van der Waals surface area contributed by atoms with Gasteiger partial charge in [-0.25, -0.2) is 0 Å². The highest BCUT2D eigenvalue weighted by Gasteiger charge is 2.37. The first-order chi connectivity index (χ1) is 8.62. The van der Waals surface area contributed by atoms with Gasteiger partial charge in [-0.05, 0) is 30.0 Å². The third kappa shape index (κ3) is 4.06. The van der Waals surface area contributed by atoms with Crippen LogP contribution < -0.4 is 5.32 Å². The van der Waals surface area contributed by atoms with E-state index in [0.717, 1.165) is 10.0 Å². The van der Waals surface area contributed by atoms with Crippen molar-refractivity contribution >= 4 is 33.5 Å². The Labute approximate surface area is 121 Å². The Morgan fingerprint density at radius 2 is 1.89 bits per heavy atom. The first-order valence-electron chi connectivity index (χ1n) is 5.92. The standard InChI is InChI=1S/C14H18BrNO3/c1-8-5-6-9(7-10(8)15)16-12(17)11(13(18)19)14(2,3)4/h5-7,11H,1-4H3,(H,16,17)(H,18,19). The van der Waals surface area contributed by atoms with E-state index in [9.17, 15) is 14.7 Å². The number of anilines is 1. The molecule has 0 saturated carbocycles. The lowest BCUT2D eigenvalue weighted by Gasteiger charge is -2.25. The van der Waals surface area contributed by atoms with E-state index in [1.807, 2.05) is 13.0 Å². The minimum absolute atomic E-state index is 0.504. The molecule has 0 aliphatic carbocycles. The number of hydrogen-bond donors (Lipinski definition) is 2. The van der Waals surface area contributed by atoms with Gasteiger partial charge in [0.05, 0.1) is 0 Å². The van der Waals surface area contributed by atoms with Crippen LogP contribution in [0, 0.1) is 18.3 Å². The molecule has 1 aromatic rings. The highest BCUT2D eigenvalue weighted by Crippen LogP contribution is 2.28. The SMILES string of the molecule is Cc1ccc(NC(=O)C(C(=O)O)C(C)(C)C)cc1Br.